The molecule has 0 saturated carbocycles. The normalized spacial score (nSPS) is 12.8. The minimum atomic E-state index is -0.791. The second kappa shape index (κ2) is 4.07. The van der Waals surface area contributed by atoms with E-state index in [1.807, 2.05) is 6.92 Å². The van der Waals surface area contributed by atoms with Crippen LogP contribution in [0.3, 0.4) is 0 Å². The molecule has 0 aromatic carbocycles. The summed E-state index contributed by atoms with van der Waals surface area (Å²) in [5, 5.41) is 13.0. The molecule has 4 nitrogen and oxygen atoms in total. The number of hydrogen-bond acceptors (Lipinski definition) is 2. The maximum atomic E-state index is 10.8. The average molecular weight is 182 g/mol. The molecule has 0 amide bonds. The number of nitrogens with zero attached hydrogens (tertiary/aromatic N) is 2. The van der Waals surface area contributed by atoms with Crippen molar-refractivity contribution in [2.45, 2.75) is 25.7 Å². The van der Waals surface area contributed by atoms with Gasteiger partial charge < -0.3 is 5.11 Å². The van der Waals surface area contributed by atoms with Crippen LogP contribution in [0.2, 0.25) is 0 Å². The number of hydrogen-bond donors (Lipinski definition) is 1. The van der Waals surface area contributed by atoms with Gasteiger partial charge in [-0.3, -0.25) is 9.48 Å². The molecule has 1 atom stereocenters. The van der Waals surface area contributed by atoms with Crippen molar-refractivity contribution in [1.29, 1.82) is 0 Å². The summed E-state index contributed by atoms with van der Waals surface area (Å²) in [7, 11) is 1.79. The molecular weight excluding hydrogens is 168 g/mol. The number of aliphatic carboxylic acids is 1. The van der Waals surface area contributed by atoms with Crippen LogP contribution in [0, 0.1) is 0 Å². The number of carboxylic acids is 1. The van der Waals surface area contributed by atoms with Gasteiger partial charge in [-0.2, -0.15) is 5.10 Å². The molecule has 0 saturated heterocycles. The Morgan fingerprint density at radius 2 is 2.46 bits per heavy atom. The summed E-state index contributed by atoms with van der Waals surface area (Å²) in [6.07, 6.45) is 3.26. The molecule has 1 rings (SSSR count). The first-order valence-electron chi connectivity index (χ1n) is 4.37. The monoisotopic (exact) mass is 182 g/mol. The van der Waals surface area contributed by atoms with E-state index < -0.39 is 11.9 Å². The molecule has 0 radical (unpaired) electrons. The summed E-state index contributed by atoms with van der Waals surface area (Å²) in [4.78, 5) is 10.8. The molecule has 0 fully saturated rings. The molecule has 0 bridgehead atoms. The average Bonchev–Trinajstić information content (AvgIpc) is 2.46. The van der Waals surface area contributed by atoms with Gasteiger partial charge in [-0.15, -0.1) is 0 Å². The summed E-state index contributed by atoms with van der Waals surface area (Å²) >= 11 is 0. The van der Waals surface area contributed by atoms with E-state index in [1.165, 1.54) is 0 Å². The minimum Gasteiger partial charge on any atom is -0.481 e. The van der Waals surface area contributed by atoms with Crippen molar-refractivity contribution in [3.8, 4) is 0 Å². The zero-order valence-corrected chi connectivity index (χ0v) is 7.90. The first-order chi connectivity index (χ1) is 6.15. The van der Waals surface area contributed by atoms with Gasteiger partial charge >= 0.3 is 5.97 Å². The summed E-state index contributed by atoms with van der Waals surface area (Å²) in [5.41, 5.74) is 0.650. The van der Waals surface area contributed by atoms with E-state index in [2.05, 4.69) is 5.10 Å². The van der Waals surface area contributed by atoms with Gasteiger partial charge in [0, 0.05) is 13.2 Å². The largest absolute Gasteiger partial charge is 0.481 e. The Balaban J connectivity index is 2.81. The first kappa shape index (κ1) is 9.77. The van der Waals surface area contributed by atoms with E-state index in [0.717, 1.165) is 6.42 Å². The van der Waals surface area contributed by atoms with E-state index in [0.29, 0.717) is 12.1 Å². The molecule has 13 heavy (non-hydrogen) atoms. The highest BCUT2D eigenvalue weighted by Crippen LogP contribution is 2.19. The zero-order chi connectivity index (χ0) is 9.84. The fourth-order valence-corrected chi connectivity index (χ4v) is 1.31. The van der Waals surface area contributed by atoms with Crippen molar-refractivity contribution >= 4 is 5.97 Å². The Kier molecular flexibility index (Phi) is 3.06. The molecule has 1 heterocycles. The van der Waals surface area contributed by atoms with E-state index in [9.17, 15) is 4.79 Å². The Bertz CT molecular complexity index is 294. The van der Waals surface area contributed by atoms with Crippen LogP contribution in [0.15, 0.2) is 12.3 Å². The number of carboxylic acid groups (broad SMARTS) is 1. The van der Waals surface area contributed by atoms with Gasteiger partial charge in [-0.05, 0) is 12.5 Å². The number of rotatable bonds is 4. The van der Waals surface area contributed by atoms with Crippen molar-refractivity contribution in [3.05, 3.63) is 18.0 Å². The molecule has 4 heteroatoms. The van der Waals surface area contributed by atoms with Crippen molar-refractivity contribution < 1.29 is 9.90 Å². The quantitative estimate of drug-likeness (QED) is 0.765. The van der Waals surface area contributed by atoms with E-state index in [1.54, 1.807) is 24.0 Å². The van der Waals surface area contributed by atoms with Gasteiger partial charge in [0.1, 0.15) is 5.92 Å². The SMILES string of the molecule is CCCC(C(=O)O)c1ccn(C)n1. The smallest absolute Gasteiger partial charge is 0.312 e. The predicted octanol–water partition coefficient (Wildman–Crippen LogP) is 1.39. The molecule has 0 aliphatic heterocycles. The Hall–Kier alpha value is -1.32. The standard InChI is InChI=1S/C9H14N2O2/c1-3-4-7(9(12)13)8-5-6-11(2)10-8/h5-7H,3-4H2,1-2H3,(H,12,13). The maximum absolute atomic E-state index is 10.8. The van der Waals surface area contributed by atoms with Gasteiger partial charge in [0.05, 0.1) is 5.69 Å². The molecule has 1 aromatic rings. The third-order valence-electron chi connectivity index (χ3n) is 1.97. The number of aromatic nitrogens is 2. The minimum absolute atomic E-state index is 0.453. The lowest BCUT2D eigenvalue weighted by Crippen LogP contribution is -2.12. The van der Waals surface area contributed by atoms with Gasteiger partial charge in [0.15, 0.2) is 0 Å². The number of aryl methyl sites for hydroxylation is 1. The summed E-state index contributed by atoms with van der Waals surface area (Å²) in [6.45, 7) is 1.97. The second-order valence-corrected chi connectivity index (χ2v) is 3.09. The first-order valence-corrected chi connectivity index (χ1v) is 4.37. The molecular formula is C9H14N2O2. The highest BCUT2D eigenvalue weighted by molar-refractivity contribution is 5.75. The fourth-order valence-electron chi connectivity index (χ4n) is 1.31. The lowest BCUT2D eigenvalue weighted by atomic mass is 10.0. The highest BCUT2D eigenvalue weighted by Gasteiger charge is 2.20. The van der Waals surface area contributed by atoms with Crippen LogP contribution in [0.1, 0.15) is 31.4 Å². The molecule has 1 N–H and O–H groups in total. The van der Waals surface area contributed by atoms with Gasteiger partial charge in [-0.25, -0.2) is 0 Å². The zero-order valence-electron chi connectivity index (χ0n) is 7.90. The van der Waals surface area contributed by atoms with Crippen LogP contribution in [0.4, 0.5) is 0 Å². The van der Waals surface area contributed by atoms with Gasteiger partial charge in [0.25, 0.3) is 0 Å². The van der Waals surface area contributed by atoms with Crippen molar-refractivity contribution in [2.24, 2.45) is 7.05 Å². The number of carbonyl (C=O) groups is 1. The van der Waals surface area contributed by atoms with Crippen LogP contribution in [-0.2, 0) is 11.8 Å². The fraction of sp³-hybridized carbons (Fsp3) is 0.556. The van der Waals surface area contributed by atoms with Crippen molar-refractivity contribution in [1.82, 2.24) is 9.78 Å². The Morgan fingerprint density at radius 1 is 1.77 bits per heavy atom. The van der Waals surface area contributed by atoms with E-state index in [4.69, 9.17) is 5.11 Å². The molecule has 0 aliphatic rings. The summed E-state index contributed by atoms with van der Waals surface area (Å²) < 4.78 is 1.63. The Morgan fingerprint density at radius 3 is 2.85 bits per heavy atom. The van der Waals surface area contributed by atoms with Crippen LogP contribution in [0.5, 0.6) is 0 Å². The lowest BCUT2D eigenvalue weighted by molar-refractivity contribution is -0.139. The summed E-state index contributed by atoms with van der Waals surface area (Å²) in [5.74, 6) is -1.24. The van der Waals surface area contributed by atoms with Crippen LogP contribution < -0.4 is 0 Å². The Labute approximate surface area is 77.2 Å². The molecule has 1 aromatic heterocycles. The van der Waals surface area contributed by atoms with E-state index >= 15 is 0 Å². The molecule has 72 valence electrons. The van der Waals surface area contributed by atoms with E-state index in [-0.39, 0.29) is 0 Å². The van der Waals surface area contributed by atoms with Gasteiger partial charge in [-0.1, -0.05) is 13.3 Å². The molecule has 0 aliphatic carbocycles. The van der Waals surface area contributed by atoms with Crippen LogP contribution >= 0.6 is 0 Å². The molecule has 0 spiro atoms. The summed E-state index contributed by atoms with van der Waals surface area (Å²) in [6, 6.07) is 1.76. The third-order valence-corrected chi connectivity index (χ3v) is 1.97. The predicted molar refractivity (Wildman–Crippen MR) is 48.5 cm³/mol. The van der Waals surface area contributed by atoms with Crippen LogP contribution in [0.25, 0.3) is 0 Å². The lowest BCUT2D eigenvalue weighted by Gasteiger charge is -2.06. The maximum Gasteiger partial charge on any atom is 0.312 e. The second-order valence-electron chi connectivity index (χ2n) is 3.09. The molecule has 1 unspecified atom stereocenters. The topological polar surface area (TPSA) is 55.1 Å². The van der Waals surface area contributed by atoms with Crippen molar-refractivity contribution in [3.63, 3.8) is 0 Å². The van der Waals surface area contributed by atoms with Crippen LogP contribution in [-0.4, -0.2) is 20.9 Å². The third kappa shape index (κ3) is 2.31. The van der Waals surface area contributed by atoms with Gasteiger partial charge in [0.2, 0.25) is 0 Å². The van der Waals surface area contributed by atoms with Crippen molar-refractivity contribution in [2.75, 3.05) is 0 Å². The highest BCUT2D eigenvalue weighted by atomic mass is 16.4.